The topological polar surface area (TPSA) is 109 Å². The van der Waals surface area contributed by atoms with Crippen molar-refractivity contribution in [2.45, 2.75) is 39.2 Å². The fraction of sp³-hybridized carbons (Fsp3) is 0.391. The molecule has 0 aliphatic rings. The molecule has 31 heavy (non-hydrogen) atoms. The number of guanidine groups is 1. The Labute approximate surface area is 190 Å². The van der Waals surface area contributed by atoms with E-state index in [4.69, 9.17) is 25.7 Å². The number of hydrogen-bond acceptors (Lipinski definition) is 4. The molecule has 0 bridgehead atoms. The number of carbonyl (C=O) groups excluding carboxylic acids is 1. The van der Waals surface area contributed by atoms with Crippen LogP contribution in [0.1, 0.15) is 32.3 Å². The second-order valence-corrected chi connectivity index (χ2v) is 7.15. The highest BCUT2D eigenvalue weighted by Gasteiger charge is 2.10. The van der Waals surface area contributed by atoms with Crippen molar-refractivity contribution in [2.75, 3.05) is 20.3 Å². The van der Waals surface area contributed by atoms with E-state index in [-0.39, 0.29) is 36.8 Å². The zero-order chi connectivity index (χ0) is 21.9. The minimum absolute atomic E-state index is 0. The highest BCUT2D eigenvalue weighted by Crippen LogP contribution is 2.33. The van der Waals surface area contributed by atoms with Crippen LogP contribution < -0.4 is 20.9 Å². The molecule has 2 aromatic carbocycles. The van der Waals surface area contributed by atoms with Gasteiger partial charge in [0.2, 0.25) is 5.91 Å². The number of amides is 1. The molecule has 0 spiro atoms. The lowest BCUT2D eigenvalue weighted by Crippen LogP contribution is -2.24. The van der Waals surface area contributed by atoms with E-state index in [0.717, 1.165) is 34.6 Å². The van der Waals surface area contributed by atoms with Gasteiger partial charge in [0.05, 0.1) is 12.7 Å². The van der Waals surface area contributed by atoms with E-state index in [1.54, 1.807) is 7.11 Å². The molecule has 0 atom stereocenters. The normalized spacial score (nSPS) is 10.3. The Balaban J connectivity index is 0.00000480. The van der Waals surface area contributed by atoms with E-state index < -0.39 is 0 Å². The molecule has 0 saturated carbocycles. The van der Waals surface area contributed by atoms with Crippen LogP contribution in [0.2, 0.25) is 0 Å². The monoisotopic (exact) mass is 449 g/mol. The lowest BCUT2D eigenvalue weighted by atomic mass is 10.0. The second kappa shape index (κ2) is 13.5. The number of halogens is 1. The average Bonchev–Trinajstić information content (AvgIpc) is 2.69. The number of benzene rings is 2. The lowest BCUT2D eigenvalue weighted by Gasteiger charge is -2.15. The van der Waals surface area contributed by atoms with Gasteiger partial charge in [0.25, 0.3) is 0 Å². The molecule has 0 aliphatic heterocycles. The van der Waals surface area contributed by atoms with Gasteiger partial charge in [-0.1, -0.05) is 24.3 Å². The Morgan fingerprint density at radius 2 is 1.77 bits per heavy atom. The molecule has 170 valence electrons. The van der Waals surface area contributed by atoms with Gasteiger partial charge in [-0.05, 0) is 49.6 Å². The van der Waals surface area contributed by atoms with Crippen LogP contribution in [0.15, 0.2) is 47.5 Å². The van der Waals surface area contributed by atoms with Crippen molar-refractivity contribution in [2.24, 2.45) is 16.5 Å². The van der Waals surface area contributed by atoms with Gasteiger partial charge >= 0.3 is 0 Å². The molecular weight excluding hydrogens is 418 g/mol. The molecule has 0 radical (unpaired) electrons. The molecule has 8 heteroatoms. The Bertz CT molecular complexity index is 850. The van der Waals surface area contributed by atoms with Crippen molar-refractivity contribution < 1.29 is 19.0 Å². The Morgan fingerprint density at radius 3 is 2.39 bits per heavy atom. The van der Waals surface area contributed by atoms with Crippen LogP contribution in [0.25, 0.3) is 11.1 Å². The first-order chi connectivity index (χ1) is 14.4. The molecule has 0 heterocycles. The first-order valence-corrected chi connectivity index (χ1v) is 10.0. The number of nitrogens with zero attached hydrogens (tertiary/aromatic N) is 1. The number of nitrogens with two attached hydrogens (primary N) is 2. The maximum absolute atomic E-state index is 11.7. The Morgan fingerprint density at radius 1 is 1.06 bits per heavy atom. The smallest absolute Gasteiger partial charge is 0.249 e. The predicted molar refractivity (Wildman–Crippen MR) is 126 cm³/mol. The lowest BCUT2D eigenvalue weighted by molar-refractivity contribution is -0.117. The predicted octanol–water partition coefficient (Wildman–Crippen LogP) is 3.71. The molecule has 4 N–H and O–H groups in total. The largest absolute Gasteiger partial charge is 0.493 e. The summed E-state index contributed by atoms with van der Waals surface area (Å²) in [7, 11) is 1.67. The van der Waals surface area contributed by atoms with Crippen molar-refractivity contribution >= 4 is 24.3 Å². The number of methoxy groups -OCH3 is 1. The molecule has 2 aromatic rings. The number of hydrogen-bond donors (Lipinski definition) is 2. The Hall–Kier alpha value is -2.77. The first-order valence-electron chi connectivity index (χ1n) is 10.0. The van der Waals surface area contributed by atoms with Crippen LogP contribution in [0.3, 0.4) is 0 Å². The zero-order valence-corrected chi connectivity index (χ0v) is 19.1. The molecule has 0 saturated heterocycles. The molecule has 0 aromatic heterocycles. The van der Waals surface area contributed by atoms with Crippen LogP contribution in [-0.2, 0) is 16.0 Å². The quantitative estimate of drug-likeness (QED) is 0.307. The molecule has 1 amide bonds. The zero-order valence-electron chi connectivity index (χ0n) is 18.3. The average molecular weight is 450 g/mol. The van der Waals surface area contributed by atoms with E-state index in [1.165, 1.54) is 0 Å². The van der Waals surface area contributed by atoms with E-state index in [9.17, 15) is 4.79 Å². The number of aryl methyl sites for hydroxylation is 1. The first kappa shape index (κ1) is 26.3. The van der Waals surface area contributed by atoms with Crippen molar-refractivity contribution in [3.8, 4) is 22.6 Å². The molecule has 0 fully saturated rings. The standard InChI is InChI=1S/C23H31N3O4.ClH/c1-16(2)30-19-9-7-18(8-10-19)20-11-5-17(6-12-22(27)26-23(24)25)15-21(20)29-14-4-13-28-3;/h5,7-11,15-16H,4,6,12-14H2,1-3H3,(H4,24,25,26,27);1H. The van der Waals surface area contributed by atoms with Crippen molar-refractivity contribution in [1.29, 1.82) is 0 Å². The third-order valence-corrected chi connectivity index (χ3v) is 4.21. The number of ether oxygens (including phenoxy) is 3. The number of rotatable bonds is 11. The van der Waals surface area contributed by atoms with Gasteiger partial charge in [0.15, 0.2) is 5.96 Å². The van der Waals surface area contributed by atoms with E-state index in [1.807, 2.05) is 56.3 Å². The molecule has 7 nitrogen and oxygen atoms in total. The summed E-state index contributed by atoms with van der Waals surface area (Å²) in [4.78, 5) is 15.3. The minimum Gasteiger partial charge on any atom is -0.493 e. The highest BCUT2D eigenvalue weighted by molar-refractivity contribution is 5.91. The summed E-state index contributed by atoms with van der Waals surface area (Å²) >= 11 is 0. The molecule has 0 aliphatic carbocycles. The van der Waals surface area contributed by atoms with Crippen LogP contribution in [0, 0.1) is 0 Å². The van der Waals surface area contributed by atoms with Gasteiger partial charge in [-0.25, -0.2) is 0 Å². The van der Waals surface area contributed by atoms with Gasteiger partial charge < -0.3 is 25.7 Å². The summed E-state index contributed by atoms with van der Waals surface area (Å²) in [5, 5.41) is 0. The molecular formula is C23H32ClN3O4. The van der Waals surface area contributed by atoms with Gasteiger partial charge in [-0.2, -0.15) is 4.99 Å². The van der Waals surface area contributed by atoms with Crippen LogP contribution in [0.4, 0.5) is 0 Å². The minimum atomic E-state index is -0.345. The SMILES string of the molecule is COCCCOc1cc(CCC(=O)N=C(N)N)ccc1-c1ccc(OC(C)C)cc1.Cl. The third-order valence-electron chi connectivity index (χ3n) is 4.21. The van der Waals surface area contributed by atoms with E-state index >= 15 is 0 Å². The summed E-state index contributed by atoms with van der Waals surface area (Å²) < 4.78 is 16.9. The fourth-order valence-electron chi connectivity index (χ4n) is 2.90. The summed E-state index contributed by atoms with van der Waals surface area (Å²) in [5.74, 6) is 1.02. The maximum Gasteiger partial charge on any atom is 0.249 e. The third kappa shape index (κ3) is 9.27. The summed E-state index contributed by atoms with van der Waals surface area (Å²) in [6.45, 7) is 5.15. The van der Waals surface area contributed by atoms with Crippen molar-refractivity contribution in [1.82, 2.24) is 0 Å². The maximum atomic E-state index is 11.7. The summed E-state index contributed by atoms with van der Waals surface area (Å²) in [6, 6.07) is 13.9. The van der Waals surface area contributed by atoms with Gasteiger partial charge in [-0.15, -0.1) is 12.4 Å². The summed E-state index contributed by atoms with van der Waals surface area (Å²) in [6.07, 6.45) is 1.65. The van der Waals surface area contributed by atoms with Crippen LogP contribution in [0.5, 0.6) is 11.5 Å². The second-order valence-electron chi connectivity index (χ2n) is 7.15. The molecule has 2 rings (SSSR count). The number of carbonyl (C=O) groups is 1. The van der Waals surface area contributed by atoms with Crippen molar-refractivity contribution in [3.05, 3.63) is 48.0 Å². The van der Waals surface area contributed by atoms with E-state index in [0.29, 0.717) is 19.6 Å². The van der Waals surface area contributed by atoms with Gasteiger partial charge in [-0.3, -0.25) is 4.79 Å². The summed E-state index contributed by atoms with van der Waals surface area (Å²) in [5.41, 5.74) is 13.5. The van der Waals surface area contributed by atoms with Gasteiger partial charge in [0.1, 0.15) is 11.5 Å². The van der Waals surface area contributed by atoms with E-state index in [2.05, 4.69) is 4.99 Å². The Kier molecular flexibility index (Phi) is 11.5. The van der Waals surface area contributed by atoms with Crippen LogP contribution >= 0.6 is 12.4 Å². The molecule has 0 unspecified atom stereocenters. The number of aliphatic imine (C=N–C) groups is 1. The van der Waals surface area contributed by atoms with Crippen LogP contribution in [-0.4, -0.2) is 38.3 Å². The highest BCUT2D eigenvalue weighted by atomic mass is 35.5. The van der Waals surface area contributed by atoms with Gasteiger partial charge in [0, 0.05) is 32.1 Å². The van der Waals surface area contributed by atoms with Crippen molar-refractivity contribution in [3.63, 3.8) is 0 Å². The fourth-order valence-corrected chi connectivity index (χ4v) is 2.90.